The third kappa shape index (κ3) is 3.89. The van der Waals surface area contributed by atoms with E-state index in [0.29, 0.717) is 11.4 Å². The van der Waals surface area contributed by atoms with Crippen LogP contribution in [-0.4, -0.2) is 29.1 Å². The smallest absolute Gasteiger partial charge is 0.340 e. The minimum Gasteiger partial charge on any atom is -0.478 e. The Hall–Kier alpha value is -2.36. The van der Waals surface area contributed by atoms with Crippen LogP contribution in [0.5, 0.6) is 0 Å². The van der Waals surface area contributed by atoms with E-state index in [4.69, 9.17) is 0 Å². The van der Waals surface area contributed by atoms with E-state index in [-0.39, 0.29) is 0 Å². The number of hydrogen-bond donors (Lipinski definition) is 1. The molecule has 1 N–H and O–H groups in total. The van der Waals surface area contributed by atoms with Crippen molar-refractivity contribution in [1.82, 2.24) is 4.98 Å². The number of carboxylic acids is 1. The van der Waals surface area contributed by atoms with Gasteiger partial charge in [-0.25, -0.2) is 9.78 Å². The molecule has 4 nitrogen and oxygen atoms in total. The van der Waals surface area contributed by atoms with Crippen molar-refractivity contribution in [2.75, 3.05) is 18.0 Å². The predicted octanol–water partition coefficient (Wildman–Crippen LogP) is 4.38. The molecule has 1 aromatic heterocycles. The van der Waals surface area contributed by atoms with Gasteiger partial charge in [-0.1, -0.05) is 43.7 Å². The standard InChI is InChI=1S/C19H24N2O2/c1-4-6-12-21(5-2)18-17(19(22)23)16(13-14(3)20-18)15-10-8-7-9-11-15/h7-11,13H,4-6,12H2,1-3H3,(H,22,23). The maximum Gasteiger partial charge on any atom is 0.340 e. The molecule has 4 heteroatoms. The van der Waals surface area contributed by atoms with E-state index >= 15 is 0 Å². The lowest BCUT2D eigenvalue weighted by Crippen LogP contribution is -2.27. The van der Waals surface area contributed by atoms with Crippen LogP contribution in [0.3, 0.4) is 0 Å². The molecule has 1 aromatic carbocycles. The number of benzene rings is 1. The SMILES string of the molecule is CCCCN(CC)c1nc(C)cc(-c2ccccc2)c1C(=O)O. The van der Waals surface area contributed by atoms with Crippen LogP contribution >= 0.6 is 0 Å². The molecule has 0 saturated heterocycles. The number of nitrogens with zero attached hydrogens (tertiary/aromatic N) is 2. The Morgan fingerprint density at radius 2 is 1.91 bits per heavy atom. The van der Waals surface area contributed by atoms with E-state index in [1.54, 1.807) is 0 Å². The monoisotopic (exact) mass is 312 g/mol. The van der Waals surface area contributed by atoms with Gasteiger partial charge in [0.15, 0.2) is 0 Å². The molecule has 0 radical (unpaired) electrons. The van der Waals surface area contributed by atoms with Gasteiger partial charge in [-0.15, -0.1) is 0 Å². The Labute approximate surface area is 137 Å². The first-order valence-corrected chi connectivity index (χ1v) is 8.13. The molecule has 0 bridgehead atoms. The molecule has 2 aromatic rings. The van der Waals surface area contributed by atoms with Crippen LogP contribution in [-0.2, 0) is 0 Å². The highest BCUT2D eigenvalue weighted by atomic mass is 16.4. The third-order valence-corrected chi connectivity index (χ3v) is 3.89. The number of carboxylic acid groups (broad SMARTS) is 1. The van der Waals surface area contributed by atoms with Crippen LogP contribution in [0, 0.1) is 6.92 Å². The zero-order chi connectivity index (χ0) is 16.8. The van der Waals surface area contributed by atoms with E-state index in [2.05, 4.69) is 16.8 Å². The number of aryl methyl sites for hydroxylation is 1. The Kier molecular flexibility index (Phi) is 5.74. The normalized spacial score (nSPS) is 10.6. The first-order chi connectivity index (χ1) is 11.1. The number of anilines is 1. The Morgan fingerprint density at radius 3 is 2.48 bits per heavy atom. The van der Waals surface area contributed by atoms with Crippen molar-refractivity contribution in [2.24, 2.45) is 0 Å². The number of unbranched alkanes of at least 4 members (excludes halogenated alkanes) is 1. The molecule has 0 fully saturated rings. The van der Waals surface area contributed by atoms with Crippen LogP contribution in [0.25, 0.3) is 11.1 Å². The fraction of sp³-hybridized carbons (Fsp3) is 0.368. The van der Waals surface area contributed by atoms with E-state index in [9.17, 15) is 9.90 Å². The Bertz CT molecular complexity index is 669. The Morgan fingerprint density at radius 1 is 1.22 bits per heavy atom. The highest BCUT2D eigenvalue weighted by Crippen LogP contribution is 2.31. The lowest BCUT2D eigenvalue weighted by Gasteiger charge is -2.25. The minimum absolute atomic E-state index is 0.291. The fourth-order valence-electron chi connectivity index (χ4n) is 2.70. The predicted molar refractivity (Wildman–Crippen MR) is 94.2 cm³/mol. The summed E-state index contributed by atoms with van der Waals surface area (Å²) in [7, 11) is 0. The molecule has 0 aliphatic rings. The van der Waals surface area contributed by atoms with Gasteiger partial charge in [-0.2, -0.15) is 0 Å². The molecule has 0 aliphatic carbocycles. The van der Waals surface area contributed by atoms with Gasteiger partial charge in [-0.3, -0.25) is 0 Å². The van der Waals surface area contributed by atoms with Crippen molar-refractivity contribution in [3.05, 3.63) is 47.7 Å². The van der Waals surface area contributed by atoms with Gasteiger partial charge in [0, 0.05) is 24.3 Å². The second kappa shape index (κ2) is 7.77. The highest BCUT2D eigenvalue weighted by Gasteiger charge is 2.22. The quantitative estimate of drug-likeness (QED) is 0.824. The van der Waals surface area contributed by atoms with Gasteiger partial charge in [0.1, 0.15) is 11.4 Å². The number of pyridine rings is 1. The van der Waals surface area contributed by atoms with Crippen molar-refractivity contribution >= 4 is 11.8 Å². The molecule has 0 atom stereocenters. The van der Waals surface area contributed by atoms with Crippen LogP contribution in [0.4, 0.5) is 5.82 Å². The topological polar surface area (TPSA) is 53.4 Å². The molecule has 2 rings (SSSR count). The van der Waals surface area contributed by atoms with Crippen LogP contribution in [0.1, 0.15) is 42.7 Å². The summed E-state index contributed by atoms with van der Waals surface area (Å²) in [5, 5.41) is 9.80. The summed E-state index contributed by atoms with van der Waals surface area (Å²) in [5.41, 5.74) is 2.76. The average Bonchev–Trinajstić information content (AvgIpc) is 2.55. The van der Waals surface area contributed by atoms with Gasteiger partial charge < -0.3 is 10.0 Å². The number of hydrogen-bond acceptors (Lipinski definition) is 3. The summed E-state index contributed by atoms with van der Waals surface area (Å²) >= 11 is 0. The van der Waals surface area contributed by atoms with Crippen molar-refractivity contribution in [3.63, 3.8) is 0 Å². The van der Waals surface area contributed by atoms with E-state index in [0.717, 1.165) is 42.8 Å². The molecular formula is C19H24N2O2. The molecule has 1 heterocycles. The van der Waals surface area contributed by atoms with Crippen molar-refractivity contribution in [1.29, 1.82) is 0 Å². The molecule has 0 unspecified atom stereocenters. The molecular weight excluding hydrogens is 288 g/mol. The van der Waals surface area contributed by atoms with Gasteiger partial charge in [-0.05, 0) is 31.9 Å². The number of rotatable bonds is 7. The summed E-state index contributed by atoms with van der Waals surface area (Å²) in [6.07, 6.45) is 2.08. The molecule has 0 saturated carbocycles. The average molecular weight is 312 g/mol. The summed E-state index contributed by atoms with van der Waals surface area (Å²) in [6.45, 7) is 7.64. The second-order valence-corrected chi connectivity index (χ2v) is 5.61. The summed E-state index contributed by atoms with van der Waals surface area (Å²) < 4.78 is 0. The largest absolute Gasteiger partial charge is 0.478 e. The zero-order valence-corrected chi connectivity index (χ0v) is 14.0. The molecule has 23 heavy (non-hydrogen) atoms. The summed E-state index contributed by atoms with van der Waals surface area (Å²) in [6, 6.07) is 11.5. The maximum absolute atomic E-state index is 12.0. The summed E-state index contributed by atoms with van der Waals surface area (Å²) in [5.74, 6) is -0.353. The Balaban J connectivity index is 2.62. The third-order valence-electron chi connectivity index (χ3n) is 3.89. The van der Waals surface area contributed by atoms with Crippen molar-refractivity contribution in [2.45, 2.75) is 33.6 Å². The minimum atomic E-state index is -0.929. The van der Waals surface area contributed by atoms with Gasteiger partial charge in [0.25, 0.3) is 0 Å². The van der Waals surface area contributed by atoms with Crippen LogP contribution in [0.2, 0.25) is 0 Å². The summed E-state index contributed by atoms with van der Waals surface area (Å²) in [4.78, 5) is 18.6. The van der Waals surface area contributed by atoms with Crippen LogP contribution < -0.4 is 4.90 Å². The lowest BCUT2D eigenvalue weighted by molar-refractivity contribution is 0.0698. The molecule has 0 amide bonds. The highest BCUT2D eigenvalue weighted by molar-refractivity contribution is 6.01. The number of aromatic nitrogens is 1. The van der Waals surface area contributed by atoms with Crippen molar-refractivity contribution in [3.8, 4) is 11.1 Å². The fourth-order valence-corrected chi connectivity index (χ4v) is 2.70. The van der Waals surface area contributed by atoms with Crippen LogP contribution in [0.15, 0.2) is 36.4 Å². The number of aromatic carboxylic acids is 1. The van der Waals surface area contributed by atoms with E-state index in [1.165, 1.54) is 0 Å². The lowest BCUT2D eigenvalue weighted by atomic mass is 9.99. The zero-order valence-electron chi connectivity index (χ0n) is 14.0. The first-order valence-electron chi connectivity index (χ1n) is 8.13. The van der Waals surface area contributed by atoms with E-state index < -0.39 is 5.97 Å². The van der Waals surface area contributed by atoms with Crippen molar-refractivity contribution < 1.29 is 9.90 Å². The van der Waals surface area contributed by atoms with E-state index in [1.807, 2.05) is 50.2 Å². The molecule has 0 aliphatic heterocycles. The second-order valence-electron chi connectivity index (χ2n) is 5.61. The number of carbonyl (C=O) groups is 1. The first kappa shape index (κ1) is 17.0. The van der Waals surface area contributed by atoms with Gasteiger partial charge in [0.05, 0.1) is 0 Å². The maximum atomic E-state index is 12.0. The van der Waals surface area contributed by atoms with Gasteiger partial charge >= 0.3 is 5.97 Å². The molecule has 0 spiro atoms. The molecule has 122 valence electrons. The van der Waals surface area contributed by atoms with Gasteiger partial charge in [0.2, 0.25) is 0 Å².